The van der Waals surface area contributed by atoms with Gasteiger partial charge >= 0.3 is 6.18 Å². The van der Waals surface area contributed by atoms with Crippen LogP contribution in [0.4, 0.5) is 13.2 Å². The summed E-state index contributed by atoms with van der Waals surface area (Å²) in [5.41, 5.74) is 0.833. The van der Waals surface area contributed by atoms with Crippen LogP contribution in [0.15, 0.2) is 72.8 Å². The van der Waals surface area contributed by atoms with Gasteiger partial charge in [-0.15, -0.1) is 10.2 Å². The maximum atomic E-state index is 13.4. The van der Waals surface area contributed by atoms with E-state index in [4.69, 9.17) is 9.47 Å². The number of rotatable bonds is 5. The van der Waals surface area contributed by atoms with Gasteiger partial charge in [0, 0.05) is 16.8 Å². The molecule has 0 N–H and O–H groups in total. The van der Waals surface area contributed by atoms with Gasteiger partial charge in [-0.1, -0.05) is 30.3 Å². The second-order valence-electron chi connectivity index (χ2n) is 6.69. The Morgan fingerprint density at radius 2 is 1.23 bits per heavy atom. The molecule has 31 heavy (non-hydrogen) atoms. The van der Waals surface area contributed by atoms with Gasteiger partial charge in [-0.05, 0) is 42.5 Å². The SMILES string of the molecule is COc1cccc(-c2nnc(-c3cccc(OC)c3)n2-c2cccc(C(F)(F)F)c2)c1. The average molecular weight is 425 g/mol. The van der Waals surface area contributed by atoms with Crippen LogP contribution in [0.2, 0.25) is 0 Å². The third-order valence-electron chi connectivity index (χ3n) is 4.75. The lowest BCUT2D eigenvalue weighted by atomic mass is 10.1. The van der Waals surface area contributed by atoms with Gasteiger partial charge in [0.15, 0.2) is 11.6 Å². The maximum Gasteiger partial charge on any atom is 0.416 e. The molecule has 3 aromatic carbocycles. The Hall–Kier alpha value is -3.81. The largest absolute Gasteiger partial charge is 0.497 e. The minimum absolute atomic E-state index is 0.287. The number of aromatic nitrogens is 3. The van der Waals surface area contributed by atoms with Crippen molar-refractivity contribution in [3.63, 3.8) is 0 Å². The van der Waals surface area contributed by atoms with E-state index in [1.807, 2.05) is 0 Å². The number of methoxy groups -OCH3 is 2. The smallest absolute Gasteiger partial charge is 0.416 e. The summed E-state index contributed by atoms with van der Waals surface area (Å²) in [4.78, 5) is 0. The van der Waals surface area contributed by atoms with Crippen LogP contribution >= 0.6 is 0 Å². The molecule has 0 saturated carbocycles. The molecule has 0 aliphatic rings. The standard InChI is InChI=1S/C23H18F3N3O2/c1-30-19-10-3-6-15(12-19)21-27-28-22(16-7-4-11-20(13-16)31-2)29(21)18-9-5-8-17(14-18)23(24,25)26/h3-14H,1-2H3. The highest BCUT2D eigenvalue weighted by Crippen LogP contribution is 2.34. The quantitative estimate of drug-likeness (QED) is 0.415. The summed E-state index contributed by atoms with van der Waals surface area (Å²) >= 11 is 0. The lowest BCUT2D eigenvalue weighted by Gasteiger charge is -2.14. The third-order valence-corrected chi connectivity index (χ3v) is 4.75. The van der Waals surface area contributed by atoms with E-state index in [1.54, 1.807) is 59.2 Å². The van der Waals surface area contributed by atoms with Crippen molar-refractivity contribution in [2.45, 2.75) is 6.18 Å². The van der Waals surface area contributed by atoms with E-state index in [0.29, 0.717) is 34.3 Å². The zero-order valence-corrected chi connectivity index (χ0v) is 16.7. The number of halogens is 3. The Morgan fingerprint density at radius 1 is 0.710 bits per heavy atom. The molecule has 8 heteroatoms. The molecule has 0 unspecified atom stereocenters. The van der Waals surface area contributed by atoms with Crippen molar-refractivity contribution in [1.82, 2.24) is 14.8 Å². The summed E-state index contributed by atoms with van der Waals surface area (Å²) in [7, 11) is 3.08. The minimum Gasteiger partial charge on any atom is -0.497 e. The predicted molar refractivity (Wildman–Crippen MR) is 110 cm³/mol. The Labute approximate surface area is 176 Å². The molecule has 1 heterocycles. The van der Waals surface area contributed by atoms with E-state index in [2.05, 4.69) is 10.2 Å². The van der Waals surface area contributed by atoms with Gasteiger partial charge in [0.25, 0.3) is 0 Å². The molecule has 0 amide bonds. The van der Waals surface area contributed by atoms with E-state index in [1.165, 1.54) is 20.3 Å². The first-order valence-electron chi connectivity index (χ1n) is 9.32. The summed E-state index contributed by atoms with van der Waals surface area (Å²) in [6.07, 6.45) is -4.48. The fourth-order valence-corrected chi connectivity index (χ4v) is 3.25. The van der Waals surface area contributed by atoms with Crippen molar-refractivity contribution in [1.29, 1.82) is 0 Å². The topological polar surface area (TPSA) is 49.2 Å². The number of hydrogen-bond donors (Lipinski definition) is 0. The third kappa shape index (κ3) is 4.09. The van der Waals surface area contributed by atoms with Crippen molar-refractivity contribution < 1.29 is 22.6 Å². The van der Waals surface area contributed by atoms with Gasteiger partial charge in [-0.25, -0.2) is 0 Å². The molecule has 0 aliphatic heterocycles. The Morgan fingerprint density at radius 3 is 1.71 bits per heavy atom. The molecule has 0 saturated heterocycles. The van der Waals surface area contributed by atoms with Crippen LogP contribution < -0.4 is 9.47 Å². The molecule has 0 radical (unpaired) electrons. The van der Waals surface area contributed by atoms with E-state index < -0.39 is 11.7 Å². The van der Waals surface area contributed by atoms with Crippen LogP contribution in [0.25, 0.3) is 28.5 Å². The average Bonchev–Trinajstić information content (AvgIpc) is 3.24. The van der Waals surface area contributed by atoms with Gasteiger partial charge in [0.2, 0.25) is 0 Å². The number of alkyl halides is 3. The Balaban J connectivity index is 1.97. The number of ether oxygens (including phenoxy) is 2. The van der Waals surface area contributed by atoms with Gasteiger partial charge in [-0.3, -0.25) is 4.57 Å². The molecular formula is C23H18F3N3O2. The van der Waals surface area contributed by atoms with Crippen molar-refractivity contribution in [2.75, 3.05) is 14.2 Å². The maximum absolute atomic E-state index is 13.4. The van der Waals surface area contributed by atoms with Gasteiger partial charge in [0.1, 0.15) is 11.5 Å². The lowest BCUT2D eigenvalue weighted by molar-refractivity contribution is -0.137. The highest BCUT2D eigenvalue weighted by Gasteiger charge is 2.31. The predicted octanol–water partition coefficient (Wildman–Crippen LogP) is 5.64. The van der Waals surface area contributed by atoms with E-state index in [9.17, 15) is 13.2 Å². The Kier molecular flexibility index (Phi) is 5.37. The van der Waals surface area contributed by atoms with E-state index in [0.717, 1.165) is 12.1 Å². The van der Waals surface area contributed by atoms with Crippen LogP contribution in [0, 0.1) is 0 Å². The molecular weight excluding hydrogens is 407 g/mol. The summed E-state index contributed by atoms with van der Waals surface area (Å²) in [5, 5.41) is 8.59. The molecule has 0 atom stereocenters. The van der Waals surface area contributed by atoms with Crippen LogP contribution in [0.5, 0.6) is 11.5 Å². The molecule has 4 rings (SSSR count). The number of nitrogens with zero attached hydrogens (tertiary/aromatic N) is 3. The van der Waals surface area contributed by atoms with Crippen LogP contribution in [-0.2, 0) is 6.18 Å². The van der Waals surface area contributed by atoms with E-state index in [-0.39, 0.29) is 5.69 Å². The highest BCUT2D eigenvalue weighted by molar-refractivity contribution is 5.68. The van der Waals surface area contributed by atoms with Crippen LogP contribution in [-0.4, -0.2) is 29.0 Å². The molecule has 5 nitrogen and oxygen atoms in total. The summed E-state index contributed by atoms with van der Waals surface area (Å²) < 4.78 is 52.3. The summed E-state index contributed by atoms with van der Waals surface area (Å²) in [5.74, 6) is 1.96. The normalized spacial score (nSPS) is 11.4. The molecule has 0 aliphatic carbocycles. The first-order chi connectivity index (χ1) is 14.9. The zero-order valence-electron chi connectivity index (χ0n) is 16.7. The van der Waals surface area contributed by atoms with Crippen LogP contribution in [0.3, 0.4) is 0 Å². The monoisotopic (exact) mass is 425 g/mol. The molecule has 0 fully saturated rings. The fraction of sp³-hybridized carbons (Fsp3) is 0.130. The van der Waals surface area contributed by atoms with Gasteiger partial charge < -0.3 is 9.47 Å². The zero-order chi connectivity index (χ0) is 22.0. The van der Waals surface area contributed by atoms with Crippen molar-refractivity contribution in [2.24, 2.45) is 0 Å². The fourth-order valence-electron chi connectivity index (χ4n) is 3.25. The second kappa shape index (κ2) is 8.14. The number of benzene rings is 3. The second-order valence-corrected chi connectivity index (χ2v) is 6.69. The lowest BCUT2D eigenvalue weighted by Crippen LogP contribution is -2.07. The summed E-state index contributed by atoms with van der Waals surface area (Å²) in [6, 6.07) is 19.3. The van der Waals surface area contributed by atoms with E-state index >= 15 is 0 Å². The molecule has 158 valence electrons. The highest BCUT2D eigenvalue weighted by atomic mass is 19.4. The molecule has 4 aromatic rings. The first kappa shape index (κ1) is 20.5. The Bertz CT molecular complexity index is 1150. The van der Waals surface area contributed by atoms with Crippen molar-refractivity contribution in [3.8, 4) is 40.0 Å². The molecule has 1 aromatic heterocycles. The summed E-state index contributed by atoms with van der Waals surface area (Å²) in [6.45, 7) is 0. The first-order valence-corrected chi connectivity index (χ1v) is 9.32. The minimum atomic E-state index is -4.48. The van der Waals surface area contributed by atoms with Gasteiger partial charge in [-0.2, -0.15) is 13.2 Å². The van der Waals surface area contributed by atoms with Crippen molar-refractivity contribution >= 4 is 0 Å². The van der Waals surface area contributed by atoms with Crippen LogP contribution in [0.1, 0.15) is 5.56 Å². The van der Waals surface area contributed by atoms with Gasteiger partial charge in [0.05, 0.1) is 19.8 Å². The molecule has 0 spiro atoms. The van der Waals surface area contributed by atoms with Crippen molar-refractivity contribution in [3.05, 3.63) is 78.4 Å². The molecule has 0 bridgehead atoms. The number of hydrogen-bond acceptors (Lipinski definition) is 4.